The summed E-state index contributed by atoms with van der Waals surface area (Å²) in [7, 11) is 0. The number of aromatic nitrogens is 1. The van der Waals surface area contributed by atoms with Gasteiger partial charge in [-0.25, -0.2) is 4.79 Å². The monoisotopic (exact) mass is 293 g/mol. The van der Waals surface area contributed by atoms with Crippen LogP contribution in [0.15, 0.2) is 18.3 Å². The summed E-state index contributed by atoms with van der Waals surface area (Å²) in [6, 6.07) is 4.07. The largest absolute Gasteiger partial charge is 0.444 e. The molecular weight excluding hydrogens is 266 g/mol. The summed E-state index contributed by atoms with van der Waals surface area (Å²) in [5.41, 5.74) is 1.84. The number of unbranched alkanes of at least 4 members (excludes halogenated alkanes) is 1. The van der Waals surface area contributed by atoms with Gasteiger partial charge in [-0.15, -0.1) is 0 Å². The van der Waals surface area contributed by atoms with Gasteiger partial charge >= 0.3 is 6.09 Å². The van der Waals surface area contributed by atoms with Crippen molar-refractivity contribution in [3.8, 4) is 0 Å². The Bertz CT molecular complexity index is 441. The van der Waals surface area contributed by atoms with Crippen LogP contribution in [0.2, 0.25) is 0 Å². The number of hydrogen-bond donors (Lipinski definition) is 2. The van der Waals surface area contributed by atoms with Crippen LogP contribution in [0, 0.1) is 6.92 Å². The number of nitrogens with zero attached hydrogens (tertiary/aromatic N) is 1. The molecule has 1 rings (SSSR count). The SMILES string of the molecule is Cc1ccnc(CNCCCCNC(=O)OC(C)(C)C)c1. The number of carbonyl (C=O) groups is 1. The summed E-state index contributed by atoms with van der Waals surface area (Å²) in [5, 5.41) is 6.10. The zero-order valence-electron chi connectivity index (χ0n) is 13.5. The quantitative estimate of drug-likeness (QED) is 0.759. The molecule has 0 saturated heterocycles. The van der Waals surface area contributed by atoms with Crippen molar-refractivity contribution in [1.29, 1.82) is 0 Å². The maximum absolute atomic E-state index is 11.4. The molecule has 2 N–H and O–H groups in total. The van der Waals surface area contributed by atoms with Crippen molar-refractivity contribution in [2.75, 3.05) is 13.1 Å². The Kier molecular flexibility index (Phi) is 7.15. The number of rotatable bonds is 7. The third-order valence-corrected chi connectivity index (χ3v) is 2.73. The highest BCUT2D eigenvalue weighted by Crippen LogP contribution is 2.06. The van der Waals surface area contributed by atoms with Crippen LogP contribution in [0.4, 0.5) is 4.79 Å². The van der Waals surface area contributed by atoms with E-state index in [1.807, 2.05) is 33.0 Å². The van der Waals surface area contributed by atoms with Crippen LogP contribution in [0.25, 0.3) is 0 Å². The maximum Gasteiger partial charge on any atom is 0.407 e. The summed E-state index contributed by atoms with van der Waals surface area (Å²) < 4.78 is 5.16. The van der Waals surface area contributed by atoms with Gasteiger partial charge in [0.25, 0.3) is 0 Å². The summed E-state index contributed by atoms with van der Waals surface area (Å²) in [5.74, 6) is 0. The number of alkyl carbamates (subject to hydrolysis) is 1. The van der Waals surface area contributed by atoms with E-state index >= 15 is 0 Å². The Morgan fingerprint density at radius 1 is 1.29 bits per heavy atom. The van der Waals surface area contributed by atoms with E-state index in [9.17, 15) is 4.79 Å². The first-order valence-corrected chi connectivity index (χ1v) is 7.46. The molecule has 0 aliphatic heterocycles. The molecule has 1 amide bonds. The zero-order chi connectivity index (χ0) is 15.7. The van der Waals surface area contributed by atoms with Gasteiger partial charge in [0.05, 0.1) is 5.69 Å². The van der Waals surface area contributed by atoms with E-state index in [2.05, 4.69) is 28.6 Å². The Hall–Kier alpha value is -1.62. The molecular formula is C16H27N3O2. The number of amides is 1. The van der Waals surface area contributed by atoms with Crippen LogP contribution >= 0.6 is 0 Å². The molecule has 21 heavy (non-hydrogen) atoms. The second-order valence-electron chi connectivity index (χ2n) is 6.14. The number of carbonyl (C=O) groups excluding carboxylic acids is 1. The highest BCUT2D eigenvalue weighted by molar-refractivity contribution is 5.67. The summed E-state index contributed by atoms with van der Waals surface area (Å²) in [6.45, 7) is 9.96. The van der Waals surface area contributed by atoms with Gasteiger partial charge in [-0.3, -0.25) is 4.98 Å². The highest BCUT2D eigenvalue weighted by Gasteiger charge is 2.15. The number of ether oxygens (including phenoxy) is 1. The molecule has 0 atom stereocenters. The molecule has 1 aromatic heterocycles. The van der Waals surface area contributed by atoms with Gasteiger partial charge in [0.1, 0.15) is 5.60 Å². The number of nitrogens with one attached hydrogen (secondary N) is 2. The first kappa shape index (κ1) is 17.4. The molecule has 0 fully saturated rings. The molecule has 0 radical (unpaired) electrons. The molecule has 5 heteroatoms. The summed E-state index contributed by atoms with van der Waals surface area (Å²) in [4.78, 5) is 15.7. The lowest BCUT2D eigenvalue weighted by atomic mass is 10.2. The fourth-order valence-corrected chi connectivity index (χ4v) is 1.79. The Balaban J connectivity index is 2.01. The predicted octanol–water partition coefficient (Wildman–Crippen LogP) is 2.78. The van der Waals surface area contributed by atoms with Gasteiger partial charge in [-0.05, 0) is 64.8 Å². The molecule has 0 aliphatic carbocycles. The Morgan fingerprint density at radius 2 is 2.00 bits per heavy atom. The molecule has 0 spiro atoms. The van der Waals surface area contributed by atoms with Gasteiger partial charge in [-0.2, -0.15) is 0 Å². The van der Waals surface area contributed by atoms with Crippen LogP contribution in [-0.4, -0.2) is 29.8 Å². The summed E-state index contributed by atoms with van der Waals surface area (Å²) >= 11 is 0. The van der Waals surface area contributed by atoms with Crippen molar-refractivity contribution in [3.05, 3.63) is 29.6 Å². The smallest absolute Gasteiger partial charge is 0.407 e. The van der Waals surface area contributed by atoms with E-state index in [-0.39, 0.29) is 6.09 Å². The van der Waals surface area contributed by atoms with E-state index in [1.54, 1.807) is 0 Å². The second kappa shape index (κ2) is 8.62. The molecule has 0 unspecified atom stereocenters. The average Bonchev–Trinajstić information content (AvgIpc) is 2.35. The molecule has 0 saturated carbocycles. The van der Waals surface area contributed by atoms with Crippen molar-refractivity contribution >= 4 is 6.09 Å². The van der Waals surface area contributed by atoms with E-state index in [0.29, 0.717) is 6.54 Å². The predicted molar refractivity (Wildman–Crippen MR) is 84.2 cm³/mol. The van der Waals surface area contributed by atoms with Crippen LogP contribution < -0.4 is 10.6 Å². The number of pyridine rings is 1. The lowest BCUT2D eigenvalue weighted by Gasteiger charge is -2.19. The lowest BCUT2D eigenvalue weighted by Crippen LogP contribution is -2.33. The van der Waals surface area contributed by atoms with Gasteiger partial charge in [0.15, 0.2) is 0 Å². The fraction of sp³-hybridized carbons (Fsp3) is 0.625. The first-order valence-electron chi connectivity index (χ1n) is 7.46. The van der Waals surface area contributed by atoms with Crippen molar-refractivity contribution in [2.45, 2.75) is 52.7 Å². The number of aryl methyl sites for hydroxylation is 1. The highest BCUT2D eigenvalue weighted by atomic mass is 16.6. The van der Waals surface area contributed by atoms with Crippen LogP contribution in [0.5, 0.6) is 0 Å². The van der Waals surface area contributed by atoms with Crippen molar-refractivity contribution in [3.63, 3.8) is 0 Å². The lowest BCUT2D eigenvalue weighted by molar-refractivity contribution is 0.0527. The average molecular weight is 293 g/mol. The van der Waals surface area contributed by atoms with Gasteiger partial charge < -0.3 is 15.4 Å². The van der Waals surface area contributed by atoms with Crippen LogP contribution in [-0.2, 0) is 11.3 Å². The first-order chi connectivity index (χ1) is 9.87. The van der Waals surface area contributed by atoms with E-state index in [1.165, 1.54) is 5.56 Å². The zero-order valence-corrected chi connectivity index (χ0v) is 13.5. The van der Waals surface area contributed by atoms with Crippen LogP contribution in [0.1, 0.15) is 44.9 Å². The van der Waals surface area contributed by atoms with Crippen LogP contribution in [0.3, 0.4) is 0 Å². The van der Waals surface area contributed by atoms with Gasteiger partial charge in [0.2, 0.25) is 0 Å². The molecule has 0 bridgehead atoms. The van der Waals surface area contributed by atoms with Gasteiger partial charge in [-0.1, -0.05) is 0 Å². The minimum absolute atomic E-state index is 0.348. The number of hydrogen-bond acceptors (Lipinski definition) is 4. The summed E-state index contributed by atoms with van der Waals surface area (Å²) in [6.07, 6.45) is 3.41. The van der Waals surface area contributed by atoms with Crippen molar-refractivity contribution in [1.82, 2.24) is 15.6 Å². The Labute approximate surface area is 127 Å². The van der Waals surface area contributed by atoms with E-state index in [4.69, 9.17) is 4.74 Å². The molecule has 0 aliphatic rings. The maximum atomic E-state index is 11.4. The molecule has 1 aromatic rings. The standard InChI is InChI=1S/C16H27N3O2/c1-13-7-10-18-14(11-13)12-17-8-5-6-9-19-15(20)21-16(2,3)4/h7,10-11,17H,5-6,8-9,12H2,1-4H3,(H,19,20). The molecule has 0 aromatic carbocycles. The van der Waals surface area contributed by atoms with Crippen molar-refractivity contribution < 1.29 is 9.53 Å². The van der Waals surface area contributed by atoms with Crippen molar-refractivity contribution in [2.24, 2.45) is 0 Å². The minimum Gasteiger partial charge on any atom is -0.444 e. The molecule has 1 heterocycles. The Morgan fingerprint density at radius 3 is 2.67 bits per heavy atom. The second-order valence-corrected chi connectivity index (χ2v) is 6.14. The van der Waals surface area contributed by atoms with Gasteiger partial charge in [0, 0.05) is 19.3 Å². The normalized spacial score (nSPS) is 11.2. The van der Waals surface area contributed by atoms with E-state index in [0.717, 1.165) is 31.6 Å². The fourth-order valence-electron chi connectivity index (χ4n) is 1.79. The third-order valence-electron chi connectivity index (χ3n) is 2.73. The molecule has 118 valence electrons. The molecule has 5 nitrogen and oxygen atoms in total. The third kappa shape index (κ3) is 9.02. The topological polar surface area (TPSA) is 63.2 Å². The van der Waals surface area contributed by atoms with E-state index < -0.39 is 5.60 Å². The minimum atomic E-state index is -0.438.